The largest absolute Gasteiger partial charge is 0.472 e. The van der Waals surface area contributed by atoms with Gasteiger partial charge >= 0.3 is 6.18 Å². The molecule has 0 unspecified atom stereocenters. The number of halogens is 3. The van der Waals surface area contributed by atoms with Gasteiger partial charge in [0.1, 0.15) is 6.61 Å². The summed E-state index contributed by atoms with van der Waals surface area (Å²) in [4.78, 5) is 3.90. The molecule has 3 aromatic rings. The van der Waals surface area contributed by atoms with E-state index in [0.29, 0.717) is 30.4 Å². The number of alkyl halides is 3. The number of hydrogen-bond donors (Lipinski definition) is 1. The number of nitrogens with zero attached hydrogens (tertiary/aromatic N) is 4. The molecule has 1 aliphatic heterocycles. The summed E-state index contributed by atoms with van der Waals surface area (Å²) in [6.45, 7) is 3.15. The van der Waals surface area contributed by atoms with Gasteiger partial charge in [0.15, 0.2) is 5.82 Å². The molecule has 148 valence electrons. The predicted octanol–water partition coefficient (Wildman–Crippen LogP) is 3.67. The summed E-state index contributed by atoms with van der Waals surface area (Å²) < 4.78 is 48.8. The monoisotopic (exact) mass is 392 g/mol. The Kier molecular flexibility index (Phi) is 4.22. The second-order valence-corrected chi connectivity index (χ2v) is 7.08. The molecule has 1 N–H and O–H groups in total. The molecule has 9 heteroatoms. The van der Waals surface area contributed by atoms with Crippen LogP contribution in [0.1, 0.15) is 31.3 Å². The normalized spacial score (nSPS) is 18.3. The second kappa shape index (κ2) is 6.37. The number of aromatic nitrogens is 4. The van der Waals surface area contributed by atoms with Gasteiger partial charge in [0.2, 0.25) is 11.5 Å². The Labute approximate surface area is 159 Å². The highest BCUT2D eigenvalue weighted by Crippen LogP contribution is 2.42. The molecule has 0 saturated carbocycles. The van der Waals surface area contributed by atoms with Gasteiger partial charge < -0.3 is 14.4 Å². The summed E-state index contributed by atoms with van der Waals surface area (Å²) in [5.41, 5.74) is -1.01. The van der Waals surface area contributed by atoms with E-state index < -0.39 is 17.6 Å². The molecule has 1 aromatic carbocycles. The van der Waals surface area contributed by atoms with Crippen molar-refractivity contribution >= 4 is 0 Å². The van der Waals surface area contributed by atoms with Crippen molar-refractivity contribution in [2.45, 2.75) is 44.8 Å². The van der Waals surface area contributed by atoms with Crippen LogP contribution in [0.15, 0.2) is 42.6 Å². The number of imidazole rings is 1. The van der Waals surface area contributed by atoms with Crippen LogP contribution in [-0.2, 0) is 18.8 Å². The number of aliphatic hydroxyl groups is 1. The molecule has 1 aliphatic rings. The third-order valence-electron chi connectivity index (χ3n) is 4.91. The van der Waals surface area contributed by atoms with Gasteiger partial charge in [-0.3, -0.25) is 4.68 Å². The highest BCUT2D eigenvalue weighted by atomic mass is 19.4. The number of fused-ring (bicyclic) bond motifs is 3. The summed E-state index contributed by atoms with van der Waals surface area (Å²) in [6.07, 6.45) is -3.50. The standard InChI is InChI=1S/C19H19F3N4O2/c1-12-10-25-14(8-16(24-25)28-11-13-6-4-3-5-7-13)15-9-23-17(26(12)15)18(2,27)19(20,21)22/h3-9,12,27H,10-11H2,1-2H3/t12-,18+/m0/s1. The SMILES string of the molecule is C[C@H]1Cn2nc(OCc3ccccc3)cc2-c2cnc([C@@](C)(O)C(F)(F)F)n21. The lowest BCUT2D eigenvalue weighted by molar-refractivity contribution is -0.262. The molecule has 0 bridgehead atoms. The number of hydrogen-bond acceptors (Lipinski definition) is 4. The smallest absolute Gasteiger partial charge is 0.424 e. The van der Waals surface area contributed by atoms with Crippen LogP contribution >= 0.6 is 0 Å². The zero-order chi connectivity index (χ0) is 20.1. The number of benzene rings is 1. The first kappa shape index (κ1) is 18.5. The Balaban J connectivity index is 1.67. The highest BCUT2D eigenvalue weighted by Gasteiger charge is 2.55. The lowest BCUT2D eigenvalue weighted by atomic mass is 10.0. The van der Waals surface area contributed by atoms with Gasteiger partial charge in [0, 0.05) is 6.07 Å². The van der Waals surface area contributed by atoms with Gasteiger partial charge in [0.25, 0.3) is 0 Å². The van der Waals surface area contributed by atoms with Crippen molar-refractivity contribution in [3.05, 3.63) is 54.0 Å². The molecule has 0 fully saturated rings. The fourth-order valence-corrected chi connectivity index (χ4v) is 3.36. The summed E-state index contributed by atoms with van der Waals surface area (Å²) in [7, 11) is 0. The first-order valence-electron chi connectivity index (χ1n) is 8.80. The van der Waals surface area contributed by atoms with E-state index in [4.69, 9.17) is 4.74 Å². The molecule has 4 rings (SSSR count). The molecule has 6 nitrogen and oxygen atoms in total. The van der Waals surface area contributed by atoms with Crippen LogP contribution in [0.25, 0.3) is 11.4 Å². The van der Waals surface area contributed by atoms with Gasteiger partial charge in [-0.1, -0.05) is 30.3 Å². The molecule has 0 radical (unpaired) electrons. The van der Waals surface area contributed by atoms with Crippen molar-refractivity contribution in [3.63, 3.8) is 0 Å². The molecule has 0 saturated heterocycles. The van der Waals surface area contributed by atoms with E-state index in [1.807, 2.05) is 30.3 Å². The molecular formula is C19H19F3N4O2. The summed E-state index contributed by atoms with van der Waals surface area (Å²) in [6, 6.07) is 10.9. The Bertz CT molecular complexity index is 993. The summed E-state index contributed by atoms with van der Waals surface area (Å²) in [5.74, 6) is -0.0495. The molecule has 0 spiro atoms. The Hall–Kier alpha value is -2.81. The molecule has 0 aliphatic carbocycles. The van der Waals surface area contributed by atoms with E-state index in [9.17, 15) is 18.3 Å². The molecule has 0 amide bonds. The second-order valence-electron chi connectivity index (χ2n) is 7.08. The van der Waals surface area contributed by atoms with Gasteiger partial charge in [-0.05, 0) is 19.4 Å². The Morgan fingerprint density at radius 1 is 1.21 bits per heavy atom. The fourth-order valence-electron chi connectivity index (χ4n) is 3.36. The predicted molar refractivity (Wildman–Crippen MR) is 94.6 cm³/mol. The van der Waals surface area contributed by atoms with Crippen LogP contribution in [0, 0.1) is 0 Å². The maximum Gasteiger partial charge on any atom is 0.424 e. The first-order chi connectivity index (χ1) is 13.2. The van der Waals surface area contributed by atoms with Gasteiger partial charge in [-0.15, -0.1) is 5.10 Å². The molecule has 28 heavy (non-hydrogen) atoms. The van der Waals surface area contributed by atoms with E-state index >= 15 is 0 Å². The van der Waals surface area contributed by atoms with Crippen LogP contribution < -0.4 is 4.74 Å². The van der Waals surface area contributed by atoms with E-state index in [1.54, 1.807) is 17.7 Å². The van der Waals surface area contributed by atoms with Crippen molar-refractivity contribution in [1.82, 2.24) is 19.3 Å². The van der Waals surface area contributed by atoms with E-state index in [2.05, 4.69) is 10.1 Å². The van der Waals surface area contributed by atoms with Crippen molar-refractivity contribution in [2.24, 2.45) is 0 Å². The average Bonchev–Trinajstić information content (AvgIpc) is 3.24. The minimum absolute atomic E-state index is 0.333. The van der Waals surface area contributed by atoms with Crippen molar-refractivity contribution in [1.29, 1.82) is 0 Å². The minimum atomic E-state index is -4.84. The summed E-state index contributed by atoms with van der Waals surface area (Å²) >= 11 is 0. The fraction of sp³-hybridized carbons (Fsp3) is 0.368. The van der Waals surface area contributed by atoms with Crippen LogP contribution in [0.3, 0.4) is 0 Å². The van der Waals surface area contributed by atoms with Crippen LogP contribution in [0.2, 0.25) is 0 Å². The van der Waals surface area contributed by atoms with Gasteiger partial charge in [-0.25, -0.2) is 4.98 Å². The van der Waals surface area contributed by atoms with Gasteiger partial charge in [-0.2, -0.15) is 13.2 Å². The first-order valence-corrected chi connectivity index (χ1v) is 8.80. The molecule has 2 atom stereocenters. The lowest BCUT2D eigenvalue weighted by Crippen LogP contribution is -2.42. The zero-order valence-corrected chi connectivity index (χ0v) is 15.3. The minimum Gasteiger partial charge on any atom is -0.472 e. The summed E-state index contributed by atoms with van der Waals surface area (Å²) in [5, 5.41) is 14.5. The quantitative estimate of drug-likeness (QED) is 0.736. The average molecular weight is 392 g/mol. The maximum atomic E-state index is 13.3. The zero-order valence-electron chi connectivity index (χ0n) is 15.3. The third-order valence-corrected chi connectivity index (χ3v) is 4.91. The van der Waals surface area contributed by atoms with Gasteiger partial charge in [0.05, 0.1) is 30.2 Å². The van der Waals surface area contributed by atoms with Crippen molar-refractivity contribution < 1.29 is 23.0 Å². The molecule has 2 aromatic heterocycles. The third kappa shape index (κ3) is 2.95. The van der Waals surface area contributed by atoms with E-state index in [-0.39, 0.29) is 6.04 Å². The Morgan fingerprint density at radius 2 is 1.93 bits per heavy atom. The van der Waals surface area contributed by atoms with Crippen molar-refractivity contribution in [2.75, 3.05) is 0 Å². The Morgan fingerprint density at radius 3 is 2.61 bits per heavy atom. The molecular weight excluding hydrogens is 373 g/mol. The topological polar surface area (TPSA) is 65.1 Å². The van der Waals surface area contributed by atoms with Crippen LogP contribution in [-0.4, -0.2) is 30.6 Å². The highest BCUT2D eigenvalue weighted by molar-refractivity contribution is 5.58. The van der Waals surface area contributed by atoms with Crippen LogP contribution in [0.5, 0.6) is 5.88 Å². The molecule has 3 heterocycles. The number of rotatable bonds is 4. The van der Waals surface area contributed by atoms with Crippen LogP contribution in [0.4, 0.5) is 13.2 Å². The number of ether oxygens (including phenoxy) is 1. The maximum absolute atomic E-state index is 13.3. The van der Waals surface area contributed by atoms with Crippen molar-refractivity contribution in [3.8, 4) is 17.3 Å². The van der Waals surface area contributed by atoms with E-state index in [0.717, 1.165) is 12.5 Å². The van der Waals surface area contributed by atoms with E-state index in [1.165, 1.54) is 10.8 Å². The lowest BCUT2D eigenvalue weighted by Gasteiger charge is -2.31.